The maximum absolute atomic E-state index is 13.6. The summed E-state index contributed by atoms with van der Waals surface area (Å²) in [7, 11) is 0. The Balaban J connectivity index is 2.59. The van der Waals surface area contributed by atoms with Gasteiger partial charge in [-0.05, 0) is 23.8 Å². The second-order valence-electron chi connectivity index (χ2n) is 3.11. The Labute approximate surface area is 97.3 Å². The molecule has 76 valence electrons. The van der Waals surface area contributed by atoms with Gasteiger partial charge in [0.15, 0.2) is 0 Å². The minimum atomic E-state index is -0.415. The van der Waals surface area contributed by atoms with Gasteiger partial charge in [0, 0.05) is 10.6 Å². The first-order valence-electron chi connectivity index (χ1n) is 4.38. The molecular weight excluding hydrogens is 234 g/mol. The minimum absolute atomic E-state index is 0.118. The highest BCUT2D eigenvalue weighted by molar-refractivity contribution is 6.31. The van der Waals surface area contributed by atoms with Crippen molar-refractivity contribution in [3.63, 3.8) is 0 Å². The zero-order valence-electron chi connectivity index (χ0n) is 7.68. The quantitative estimate of drug-likeness (QED) is 0.672. The first kappa shape index (κ1) is 10.5. The van der Waals surface area contributed by atoms with Crippen molar-refractivity contribution in [1.82, 2.24) is 0 Å². The molecule has 15 heavy (non-hydrogen) atoms. The van der Waals surface area contributed by atoms with E-state index in [0.717, 1.165) is 5.56 Å². The van der Waals surface area contributed by atoms with Gasteiger partial charge >= 0.3 is 0 Å². The molecule has 0 bridgehead atoms. The van der Waals surface area contributed by atoms with E-state index in [1.807, 2.05) is 0 Å². The second-order valence-corrected chi connectivity index (χ2v) is 3.96. The highest BCUT2D eigenvalue weighted by atomic mass is 35.5. The molecular formula is C12H7Cl2F. The molecule has 2 aromatic rings. The molecule has 0 aromatic heterocycles. The van der Waals surface area contributed by atoms with E-state index in [4.69, 9.17) is 23.2 Å². The van der Waals surface area contributed by atoms with Crippen molar-refractivity contribution >= 4 is 23.2 Å². The Bertz CT molecular complexity index is 495. The summed E-state index contributed by atoms with van der Waals surface area (Å²) in [6.45, 7) is 0. The highest BCUT2D eigenvalue weighted by Crippen LogP contribution is 2.28. The SMILES string of the molecule is Fc1c(Cl)cccc1-c1cccc(Cl)c1. The summed E-state index contributed by atoms with van der Waals surface area (Å²) >= 11 is 11.5. The van der Waals surface area contributed by atoms with E-state index < -0.39 is 5.82 Å². The van der Waals surface area contributed by atoms with Gasteiger partial charge in [0.1, 0.15) is 5.82 Å². The summed E-state index contributed by atoms with van der Waals surface area (Å²) in [5.74, 6) is -0.415. The predicted molar refractivity (Wildman–Crippen MR) is 61.9 cm³/mol. The first-order chi connectivity index (χ1) is 7.18. The summed E-state index contributed by atoms with van der Waals surface area (Å²) in [5, 5.41) is 0.694. The van der Waals surface area contributed by atoms with E-state index in [1.54, 1.807) is 36.4 Å². The third-order valence-corrected chi connectivity index (χ3v) is 2.61. The maximum atomic E-state index is 13.6. The summed E-state index contributed by atoms with van der Waals surface area (Å²) in [4.78, 5) is 0. The first-order valence-corrected chi connectivity index (χ1v) is 5.14. The van der Waals surface area contributed by atoms with Crippen LogP contribution in [0.2, 0.25) is 10.0 Å². The normalized spacial score (nSPS) is 10.3. The Morgan fingerprint density at radius 2 is 1.67 bits per heavy atom. The summed E-state index contributed by atoms with van der Waals surface area (Å²) in [6.07, 6.45) is 0. The van der Waals surface area contributed by atoms with Crippen molar-refractivity contribution in [2.24, 2.45) is 0 Å². The van der Waals surface area contributed by atoms with E-state index in [9.17, 15) is 4.39 Å². The minimum Gasteiger partial charge on any atom is -0.205 e. The van der Waals surface area contributed by atoms with Crippen molar-refractivity contribution in [2.45, 2.75) is 0 Å². The zero-order valence-corrected chi connectivity index (χ0v) is 9.19. The van der Waals surface area contributed by atoms with Gasteiger partial charge in [-0.1, -0.05) is 47.5 Å². The van der Waals surface area contributed by atoms with Crippen molar-refractivity contribution in [3.8, 4) is 11.1 Å². The van der Waals surface area contributed by atoms with Gasteiger partial charge in [-0.3, -0.25) is 0 Å². The molecule has 2 aromatic carbocycles. The van der Waals surface area contributed by atoms with E-state index in [2.05, 4.69) is 0 Å². The van der Waals surface area contributed by atoms with Gasteiger partial charge < -0.3 is 0 Å². The van der Waals surface area contributed by atoms with E-state index in [-0.39, 0.29) is 5.02 Å². The Hall–Kier alpha value is -1.05. The molecule has 0 aliphatic rings. The van der Waals surface area contributed by atoms with Gasteiger partial charge in [-0.25, -0.2) is 4.39 Å². The number of hydrogen-bond donors (Lipinski definition) is 0. The molecule has 0 aliphatic heterocycles. The van der Waals surface area contributed by atoms with Crippen LogP contribution in [0.25, 0.3) is 11.1 Å². The van der Waals surface area contributed by atoms with E-state index in [1.165, 1.54) is 6.07 Å². The molecule has 0 fully saturated rings. The van der Waals surface area contributed by atoms with Gasteiger partial charge in [-0.2, -0.15) is 0 Å². The summed E-state index contributed by atoms with van der Waals surface area (Å²) in [6, 6.07) is 11.9. The van der Waals surface area contributed by atoms with Crippen LogP contribution in [0, 0.1) is 5.82 Å². The number of halogens is 3. The lowest BCUT2D eigenvalue weighted by Gasteiger charge is -2.04. The van der Waals surface area contributed by atoms with Crippen LogP contribution in [-0.2, 0) is 0 Å². The van der Waals surface area contributed by atoms with E-state index >= 15 is 0 Å². The lowest BCUT2D eigenvalue weighted by molar-refractivity contribution is 0.632. The van der Waals surface area contributed by atoms with Crippen LogP contribution < -0.4 is 0 Å². The van der Waals surface area contributed by atoms with Crippen LogP contribution in [0.3, 0.4) is 0 Å². The average Bonchev–Trinajstić information content (AvgIpc) is 2.22. The van der Waals surface area contributed by atoms with Crippen LogP contribution in [-0.4, -0.2) is 0 Å². The van der Waals surface area contributed by atoms with Crippen molar-refractivity contribution < 1.29 is 4.39 Å². The molecule has 0 saturated heterocycles. The van der Waals surface area contributed by atoms with Gasteiger partial charge in [0.2, 0.25) is 0 Å². The monoisotopic (exact) mass is 240 g/mol. The standard InChI is InChI=1S/C12H7Cl2F/c13-9-4-1-3-8(7-9)10-5-2-6-11(14)12(10)15/h1-7H. The van der Waals surface area contributed by atoms with Crippen LogP contribution in [0.1, 0.15) is 0 Å². The summed E-state index contributed by atoms with van der Waals surface area (Å²) in [5.41, 5.74) is 1.19. The lowest BCUT2D eigenvalue weighted by atomic mass is 10.1. The number of rotatable bonds is 1. The molecule has 0 heterocycles. The topological polar surface area (TPSA) is 0 Å². The van der Waals surface area contributed by atoms with Crippen LogP contribution >= 0.6 is 23.2 Å². The van der Waals surface area contributed by atoms with Crippen molar-refractivity contribution in [3.05, 3.63) is 58.3 Å². The number of benzene rings is 2. The second kappa shape index (κ2) is 4.21. The molecule has 0 N–H and O–H groups in total. The van der Waals surface area contributed by atoms with Crippen LogP contribution in [0.4, 0.5) is 4.39 Å². The molecule has 0 unspecified atom stereocenters. The Morgan fingerprint density at radius 3 is 2.40 bits per heavy atom. The molecule has 0 atom stereocenters. The lowest BCUT2D eigenvalue weighted by Crippen LogP contribution is -1.84. The molecule has 0 amide bonds. The maximum Gasteiger partial charge on any atom is 0.149 e. The van der Waals surface area contributed by atoms with Crippen molar-refractivity contribution in [1.29, 1.82) is 0 Å². The number of hydrogen-bond acceptors (Lipinski definition) is 0. The molecule has 0 aliphatic carbocycles. The fourth-order valence-electron chi connectivity index (χ4n) is 1.38. The average molecular weight is 241 g/mol. The fourth-order valence-corrected chi connectivity index (χ4v) is 1.75. The largest absolute Gasteiger partial charge is 0.205 e. The Morgan fingerprint density at radius 1 is 0.933 bits per heavy atom. The smallest absolute Gasteiger partial charge is 0.149 e. The molecule has 2 rings (SSSR count). The van der Waals surface area contributed by atoms with Gasteiger partial charge in [-0.15, -0.1) is 0 Å². The van der Waals surface area contributed by atoms with Crippen molar-refractivity contribution in [2.75, 3.05) is 0 Å². The third kappa shape index (κ3) is 2.14. The third-order valence-electron chi connectivity index (χ3n) is 2.09. The zero-order chi connectivity index (χ0) is 10.8. The predicted octanol–water partition coefficient (Wildman–Crippen LogP) is 4.80. The molecule has 3 heteroatoms. The highest BCUT2D eigenvalue weighted by Gasteiger charge is 2.08. The molecule has 0 nitrogen and oxygen atoms in total. The molecule has 0 spiro atoms. The van der Waals surface area contributed by atoms with Crippen LogP contribution in [0.15, 0.2) is 42.5 Å². The Kier molecular flexibility index (Phi) is 2.94. The summed E-state index contributed by atoms with van der Waals surface area (Å²) < 4.78 is 13.6. The van der Waals surface area contributed by atoms with Gasteiger partial charge in [0.25, 0.3) is 0 Å². The molecule has 0 radical (unpaired) electrons. The van der Waals surface area contributed by atoms with Gasteiger partial charge in [0.05, 0.1) is 5.02 Å². The van der Waals surface area contributed by atoms with Crippen LogP contribution in [0.5, 0.6) is 0 Å². The molecule has 0 saturated carbocycles. The van der Waals surface area contributed by atoms with E-state index in [0.29, 0.717) is 10.6 Å². The fraction of sp³-hybridized carbons (Fsp3) is 0.